The molecule has 23 heavy (non-hydrogen) atoms. The van der Waals surface area contributed by atoms with Gasteiger partial charge in [-0.2, -0.15) is 0 Å². The van der Waals surface area contributed by atoms with E-state index in [-0.39, 0.29) is 11.3 Å². The number of amides is 1. The van der Waals surface area contributed by atoms with Crippen LogP contribution in [0.1, 0.15) is 38.2 Å². The highest BCUT2D eigenvalue weighted by Gasteiger charge is 2.40. The third kappa shape index (κ3) is 4.86. The van der Waals surface area contributed by atoms with Gasteiger partial charge < -0.3 is 10.0 Å². The SMILES string of the molecule is CCCCCC1SCC(C(=O)O)N1C(=O)/C=C/c1ccccc1. The molecular weight excluding hydrogens is 310 g/mol. The van der Waals surface area contributed by atoms with Gasteiger partial charge >= 0.3 is 5.97 Å². The fourth-order valence-electron chi connectivity index (χ4n) is 2.66. The second kappa shape index (κ2) is 8.77. The van der Waals surface area contributed by atoms with Gasteiger partial charge in [-0.15, -0.1) is 11.8 Å². The van der Waals surface area contributed by atoms with E-state index in [1.54, 1.807) is 22.7 Å². The standard InChI is InChI=1S/C18H23NO3S/c1-2-3-5-10-17-19(15(13-23-17)18(21)22)16(20)12-11-14-8-6-4-7-9-14/h4,6-9,11-12,15,17H,2-3,5,10,13H2,1H3,(H,21,22)/b12-11+. The summed E-state index contributed by atoms with van der Waals surface area (Å²) in [6, 6.07) is 8.83. The van der Waals surface area contributed by atoms with Crippen molar-refractivity contribution in [2.24, 2.45) is 0 Å². The molecule has 2 unspecified atom stereocenters. The number of hydrogen-bond acceptors (Lipinski definition) is 3. The molecule has 0 bridgehead atoms. The quantitative estimate of drug-likeness (QED) is 0.611. The minimum atomic E-state index is -0.919. The van der Waals surface area contributed by atoms with Crippen LogP contribution in [-0.2, 0) is 9.59 Å². The number of aliphatic carboxylic acids is 1. The number of carbonyl (C=O) groups excluding carboxylic acids is 1. The van der Waals surface area contributed by atoms with E-state index in [1.165, 1.54) is 6.08 Å². The van der Waals surface area contributed by atoms with Crippen molar-refractivity contribution >= 4 is 29.7 Å². The fraction of sp³-hybridized carbons (Fsp3) is 0.444. The van der Waals surface area contributed by atoms with Crippen LogP contribution in [0.2, 0.25) is 0 Å². The van der Waals surface area contributed by atoms with Crippen LogP contribution in [0.4, 0.5) is 0 Å². The van der Waals surface area contributed by atoms with Crippen LogP contribution in [0, 0.1) is 0 Å². The zero-order chi connectivity index (χ0) is 16.7. The highest BCUT2D eigenvalue weighted by Crippen LogP contribution is 2.33. The second-order valence-corrected chi connectivity index (χ2v) is 6.84. The lowest BCUT2D eigenvalue weighted by Crippen LogP contribution is -2.44. The molecule has 1 aliphatic heterocycles. The molecule has 1 amide bonds. The Hall–Kier alpha value is -1.75. The lowest BCUT2D eigenvalue weighted by molar-refractivity contribution is -0.147. The Kier molecular flexibility index (Phi) is 6.71. The Labute approximate surface area is 141 Å². The van der Waals surface area contributed by atoms with Crippen LogP contribution in [0.25, 0.3) is 6.08 Å². The first-order valence-corrected chi connectivity index (χ1v) is 9.08. The molecule has 1 saturated heterocycles. The van der Waals surface area contributed by atoms with Crippen LogP contribution in [0.15, 0.2) is 36.4 Å². The zero-order valence-corrected chi connectivity index (χ0v) is 14.2. The summed E-state index contributed by atoms with van der Waals surface area (Å²) in [5, 5.41) is 9.34. The maximum atomic E-state index is 12.5. The van der Waals surface area contributed by atoms with Gasteiger partial charge in [0.15, 0.2) is 0 Å². The van der Waals surface area contributed by atoms with E-state index in [0.717, 1.165) is 31.2 Å². The smallest absolute Gasteiger partial charge is 0.327 e. The van der Waals surface area contributed by atoms with Crippen molar-refractivity contribution in [3.05, 3.63) is 42.0 Å². The molecule has 1 heterocycles. The minimum absolute atomic E-state index is 0.0319. The summed E-state index contributed by atoms with van der Waals surface area (Å²) in [7, 11) is 0. The summed E-state index contributed by atoms with van der Waals surface area (Å²) < 4.78 is 0. The molecule has 4 nitrogen and oxygen atoms in total. The first-order chi connectivity index (χ1) is 11.1. The Balaban J connectivity index is 2.07. The summed E-state index contributed by atoms with van der Waals surface area (Å²) in [5.74, 6) is -0.665. The van der Waals surface area contributed by atoms with Crippen molar-refractivity contribution in [1.29, 1.82) is 0 Å². The Morgan fingerprint density at radius 1 is 1.30 bits per heavy atom. The third-order valence-corrected chi connectivity index (χ3v) is 5.26. The number of benzene rings is 1. The number of hydrogen-bond donors (Lipinski definition) is 1. The average Bonchev–Trinajstić information content (AvgIpc) is 2.98. The number of carboxylic acids is 1. The summed E-state index contributed by atoms with van der Waals surface area (Å²) in [6.07, 6.45) is 7.33. The number of thioether (sulfide) groups is 1. The second-order valence-electron chi connectivity index (χ2n) is 5.63. The van der Waals surface area contributed by atoms with Crippen molar-refractivity contribution < 1.29 is 14.7 Å². The van der Waals surface area contributed by atoms with Crippen LogP contribution >= 0.6 is 11.8 Å². The predicted octanol–water partition coefficient (Wildman–Crippen LogP) is 3.63. The van der Waals surface area contributed by atoms with Crippen molar-refractivity contribution in [3.8, 4) is 0 Å². The summed E-state index contributed by atoms with van der Waals surface area (Å²) in [4.78, 5) is 25.5. The van der Waals surface area contributed by atoms with Gasteiger partial charge in [-0.25, -0.2) is 4.79 Å². The van der Waals surface area contributed by atoms with Gasteiger partial charge in [-0.1, -0.05) is 56.5 Å². The highest BCUT2D eigenvalue weighted by atomic mass is 32.2. The molecule has 5 heteroatoms. The lowest BCUT2D eigenvalue weighted by atomic mass is 10.1. The Bertz CT molecular complexity index is 559. The zero-order valence-electron chi connectivity index (χ0n) is 13.4. The van der Waals surface area contributed by atoms with Gasteiger partial charge in [0.2, 0.25) is 5.91 Å². The summed E-state index contributed by atoms with van der Waals surface area (Å²) in [6.45, 7) is 2.13. The third-order valence-electron chi connectivity index (χ3n) is 3.90. The van der Waals surface area contributed by atoms with E-state index in [9.17, 15) is 14.7 Å². The molecule has 124 valence electrons. The molecule has 1 fully saturated rings. The normalized spacial score (nSPS) is 21.0. The molecule has 1 aromatic rings. The minimum Gasteiger partial charge on any atom is -0.480 e. The number of carbonyl (C=O) groups is 2. The lowest BCUT2D eigenvalue weighted by Gasteiger charge is -2.26. The van der Waals surface area contributed by atoms with Crippen molar-refractivity contribution in [1.82, 2.24) is 4.90 Å². The first kappa shape index (κ1) is 17.6. The number of unbranched alkanes of at least 4 members (excludes halogenated alkanes) is 2. The van der Waals surface area contributed by atoms with Crippen LogP contribution in [0.3, 0.4) is 0 Å². The molecular formula is C18H23NO3S. The van der Waals surface area contributed by atoms with Gasteiger partial charge in [0.1, 0.15) is 6.04 Å². The molecule has 2 rings (SSSR count). The van der Waals surface area contributed by atoms with E-state index in [0.29, 0.717) is 5.75 Å². The van der Waals surface area contributed by atoms with E-state index < -0.39 is 12.0 Å². The van der Waals surface area contributed by atoms with Gasteiger partial charge in [0.05, 0.1) is 5.37 Å². The van der Waals surface area contributed by atoms with Crippen molar-refractivity contribution in [3.63, 3.8) is 0 Å². The molecule has 1 aromatic carbocycles. The summed E-state index contributed by atoms with van der Waals surface area (Å²) >= 11 is 1.58. The number of rotatable bonds is 7. The van der Waals surface area contributed by atoms with Gasteiger partial charge in [-0.05, 0) is 18.1 Å². The van der Waals surface area contributed by atoms with Crippen LogP contribution < -0.4 is 0 Å². The molecule has 0 radical (unpaired) electrons. The van der Waals surface area contributed by atoms with E-state index in [1.807, 2.05) is 30.3 Å². The Morgan fingerprint density at radius 2 is 2.04 bits per heavy atom. The predicted molar refractivity (Wildman–Crippen MR) is 94.1 cm³/mol. The molecule has 2 atom stereocenters. The van der Waals surface area contributed by atoms with Crippen molar-refractivity contribution in [2.45, 2.75) is 44.0 Å². The number of nitrogens with zero attached hydrogens (tertiary/aromatic N) is 1. The van der Waals surface area contributed by atoms with Gasteiger partial charge in [0.25, 0.3) is 0 Å². The van der Waals surface area contributed by atoms with Crippen LogP contribution in [-0.4, -0.2) is 39.1 Å². The van der Waals surface area contributed by atoms with Crippen molar-refractivity contribution in [2.75, 3.05) is 5.75 Å². The topological polar surface area (TPSA) is 57.6 Å². The molecule has 0 saturated carbocycles. The van der Waals surface area contributed by atoms with Gasteiger partial charge in [0, 0.05) is 11.8 Å². The van der Waals surface area contributed by atoms with E-state index >= 15 is 0 Å². The monoisotopic (exact) mass is 333 g/mol. The maximum absolute atomic E-state index is 12.5. The molecule has 1 N–H and O–H groups in total. The van der Waals surface area contributed by atoms with Crippen LogP contribution in [0.5, 0.6) is 0 Å². The average molecular weight is 333 g/mol. The molecule has 0 aliphatic carbocycles. The number of carboxylic acid groups (broad SMARTS) is 1. The fourth-order valence-corrected chi connectivity index (χ4v) is 4.11. The van der Waals surface area contributed by atoms with E-state index in [4.69, 9.17) is 0 Å². The maximum Gasteiger partial charge on any atom is 0.327 e. The Morgan fingerprint density at radius 3 is 2.70 bits per heavy atom. The highest BCUT2D eigenvalue weighted by molar-refractivity contribution is 8.00. The summed E-state index contributed by atoms with van der Waals surface area (Å²) in [5.41, 5.74) is 0.933. The first-order valence-electron chi connectivity index (χ1n) is 8.03. The largest absolute Gasteiger partial charge is 0.480 e. The molecule has 0 aromatic heterocycles. The molecule has 1 aliphatic rings. The van der Waals surface area contributed by atoms with Gasteiger partial charge in [-0.3, -0.25) is 4.79 Å². The van der Waals surface area contributed by atoms with E-state index in [2.05, 4.69) is 6.92 Å². The molecule has 0 spiro atoms.